The number of hydrogen-bond acceptors (Lipinski definition) is 2. The van der Waals surface area contributed by atoms with E-state index in [1.807, 2.05) is 44.2 Å². The Hall–Kier alpha value is -2.03. The van der Waals surface area contributed by atoms with Crippen molar-refractivity contribution in [3.05, 3.63) is 42.0 Å². The van der Waals surface area contributed by atoms with Gasteiger partial charge < -0.3 is 10.1 Å². The van der Waals surface area contributed by atoms with E-state index in [2.05, 4.69) is 25.2 Å². The Morgan fingerprint density at radius 2 is 1.64 bits per heavy atom. The molecule has 3 heteroatoms. The van der Waals surface area contributed by atoms with Crippen LogP contribution < -0.4 is 10.1 Å². The number of amides is 1. The molecule has 0 aliphatic rings. The molecule has 2 aromatic carbocycles. The maximum atomic E-state index is 12.4. The van der Waals surface area contributed by atoms with Crippen molar-refractivity contribution < 1.29 is 9.53 Å². The standard InChI is InChI=1S/C19H25NO2/c1-12(2)14(4)20-19(21)13(3)15-6-7-17-11-18(22-5)9-8-16(17)10-15/h6-14H,1-5H3,(H,20,21)/t13-,14+/m0/s1. The molecule has 0 saturated carbocycles. The van der Waals surface area contributed by atoms with E-state index in [4.69, 9.17) is 4.74 Å². The van der Waals surface area contributed by atoms with Gasteiger partial charge in [-0.25, -0.2) is 0 Å². The highest BCUT2D eigenvalue weighted by molar-refractivity contribution is 5.88. The molecular weight excluding hydrogens is 274 g/mol. The van der Waals surface area contributed by atoms with Crippen molar-refractivity contribution >= 4 is 16.7 Å². The summed E-state index contributed by atoms with van der Waals surface area (Å²) in [6, 6.07) is 12.3. The average Bonchev–Trinajstić information content (AvgIpc) is 2.52. The lowest BCUT2D eigenvalue weighted by atomic mass is 9.96. The highest BCUT2D eigenvalue weighted by Gasteiger charge is 2.18. The first kappa shape index (κ1) is 16.3. The van der Waals surface area contributed by atoms with Gasteiger partial charge in [0.15, 0.2) is 0 Å². The van der Waals surface area contributed by atoms with Crippen molar-refractivity contribution in [3.63, 3.8) is 0 Å². The molecule has 0 aliphatic carbocycles. The van der Waals surface area contributed by atoms with Gasteiger partial charge in [0.2, 0.25) is 5.91 Å². The number of carbonyl (C=O) groups is 1. The SMILES string of the molecule is COc1ccc2cc([C@H](C)C(=O)N[C@H](C)C(C)C)ccc2c1. The molecule has 118 valence electrons. The maximum Gasteiger partial charge on any atom is 0.227 e. The second-order valence-corrected chi connectivity index (χ2v) is 6.24. The Morgan fingerprint density at radius 1 is 1.00 bits per heavy atom. The predicted octanol–water partition coefficient (Wildman–Crippen LogP) is 4.11. The molecule has 2 atom stereocenters. The number of nitrogens with one attached hydrogen (secondary N) is 1. The van der Waals surface area contributed by atoms with Crippen LogP contribution in [0.3, 0.4) is 0 Å². The Balaban J connectivity index is 2.21. The number of hydrogen-bond donors (Lipinski definition) is 1. The van der Waals surface area contributed by atoms with Crippen molar-refractivity contribution in [2.24, 2.45) is 5.92 Å². The summed E-state index contributed by atoms with van der Waals surface area (Å²) in [5.74, 6) is 1.19. The minimum atomic E-state index is -0.160. The molecule has 1 amide bonds. The summed E-state index contributed by atoms with van der Waals surface area (Å²) >= 11 is 0. The summed E-state index contributed by atoms with van der Waals surface area (Å²) in [5, 5.41) is 5.32. The van der Waals surface area contributed by atoms with Gasteiger partial charge in [-0.3, -0.25) is 4.79 Å². The minimum absolute atomic E-state index is 0.0778. The number of benzene rings is 2. The highest BCUT2D eigenvalue weighted by atomic mass is 16.5. The van der Waals surface area contributed by atoms with Crippen LogP contribution >= 0.6 is 0 Å². The van der Waals surface area contributed by atoms with Gasteiger partial charge in [0.05, 0.1) is 13.0 Å². The van der Waals surface area contributed by atoms with E-state index in [-0.39, 0.29) is 17.9 Å². The van der Waals surface area contributed by atoms with E-state index in [1.54, 1.807) is 7.11 Å². The van der Waals surface area contributed by atoms with Crippen molar-refractivity contribution in [1.29, 1.82) is 0 Å². The van der Waals surface area contributed by atoms with Gasteiger partial charge in [0.25, 0.3) is 0 Å². The van der Waals surface area contributed by atoms with E-state index in [1.165, 1.54) is 0 Å². The fourth-order valence-electron chi connectivity index (χ4n) is 2.31. The molecule has 3 nitrogen and oxygen atoms in total. The lowest BCUT2D eigenvalue weighted by Crippen LogP contribution is -2.38. The molecule has 0 heterocycles. The molecule has 0 aliphatic heterocycles. The zero-order valence-corrected chi connectivity index (χ0v) is 14.0. The zero-order valence-electron chi connectivity index (χ0n) is 14.0. The second kappa shape index (κ2) is 6.82. The molecule has 22 heavy (non-hydrogen) atoms. The minimum Gasteiger partial charge on any atom is -0.497 e. The van der Waals surface area contributed by atoms with Crippen molar-refractivity contribution in [2.45, 2.75) is 39.7 Å². The second-order valence-electron chi connectivity index (χ2n) is 6.24. The fraction of sp³-hybridized carbons (Fsp3) is 0.421. The third-order valence-electron chi connectivity index (χ3n) is 4.33. The number of fused-ring (bicyclic) bond motifs is 1. The molecule has 0 spiro atoms. The third-order valence-corrected chi connectivity index (χ3v) is 4.33. The summed E-state index contributed by atoms with van der Waals surface area (Å²) < 4.78 is 5.24. The van der Waals surface area contributed by atoms with Gasteiger partial charge in [0.1, 0.15) is 5.75 Å². The molecule has 0 unspecified atom stereocenters. The Morgan fingerprint density at radius 3 is 2.27 bits per heavy atom. The summed E-state index contributed by atoms with van der Waals surface area (Å²) in [5.41, 5.74) is 1.03. The van der Waals surface area contributed by atoms with Crippen LogP contribution in [0.25, 0.3) is 10.8 Å². The summed E-state index contributed by atoms with van der Waals surface area (Å²) in [6.07, 6.45) is 0. The van der Waals surface area contributed by atoms with Crippen LogP contribution in [0.4, 0.5) is 0 Å². The van der Waals surface area contributed by atoms with Crippen molar-refractivity contribution in [1.82, 2.24) is 5.32 Å². The molecule has 1 N–H and O–H groups in total. The summed E-state index contributed by atoms with van der Waals surface area (Å²) in [4.78, 5) is 12.4. The van der Waals surface area contributed by atoms with Gasteiger partial charge in [-0.15, -0.1) is 0 Å². The van der Waals surface area contributed by atoms with E-state index in [9.17, 15) is 4.79 Å². The zero-order chi connectivity index (χ0) is 16.3. The first-order valence-corrected chi connectivity index (χ1v) is 7.80. The lowest BCUT2D eigenvalue weighted by molar-refractivity contribution is -0.123. The largest absolute Gasteiger partial charge is 0.497 e. The van der Waals surface area contributed by atoms with Gasteiger partial charge in [-0.05, 0) is 48.2 Å². The van der Waals surface area contributed by atoms with Crippen LogP contribution in [-0.4, -0.2) is 19.1 Å². The quantitative estimate of drug-likeness (QED) is 0.902. The fourth-order valence-corrected chi connectivity index (χ4v) is 2.31. The lowest BCUT2D eigenvalue weighted by Gasteiger charge is -2.20. The third kappa shape index (κ3) is 3.59. The smallest absolute Gasteiger partial charge is 0.227 e. The monoisotopic (exact) mass is 299 g/mol. The Bertz CT molecular complexity index is 664. The molecule has 0 bridgehead atoms. The molecule has 2 rings (SSSR count). The molecule has 2 aromatic rings. The Kier molecular flexibility index (Phi) is 5.07. The molecule has 0 radical (unpaired) electrons. The normalized spacial score (nSPS) is 13.9. The van der Waals surface area contributed by atoms with E-state index in [0.717, 1.165) is 22.1 Å². The van der Waals surface area contributed by atoms with Crippen molar-refractivity contribution in [3.8, 4) is 5.75 Å². The first-order valence-electron chi connectivity index (χ1n) is 7.80. The highest BCUT2D eigenvalue weighted by Crippen LogP contribution is 2.25. The molecule has 0 fully saturated rings. The summed E-state index contributed by atoms with van der Waals surface area (Å²) in [6.45, 7) is 8.22. The van der Waals surface area contributed by atoms with Crippen LogP contribution in [0.1, 0.15) is 39.2 Å². The van der Waals surface area contributed by atoms with E-state index in [0.29, 0.717) is 5.92 Å². The maximum absolute atomic E-state index is 12.4. The van der Waals surface area contributed by atoms with Gasteiger partial charge in [0, 0.05) is 6.04 Å². The van der Waals surface area contributed by atoms with Gasteiger partial charge in [-0.1, -0.05) is 38.1 Å². The van der Waals surface area contributed by atoms with Crippen LogP contribution in [0.15, 0.2) is 36.4 Å². The van der Waals surface area contributed by atoms with Crippen LogP contribution in [-0.2, 0) is 4.79 Å². The topological polar surface area (TPSA) is 38.3 Å². The number of methoxy groups -OCH3 is 1. The summed E-state index contributed by atoms with van der Waals surface area (Å²) in [7, 11) is 1.66. The van der Waals surface area contributed by atoms with Gasteiger partial charge in [-0.2, -0.15) is 0 Å². The van der Waals surface area contributed by atoms with E-state index < -0.39 is 0 Å². The first-order chi connectivity index (χ1) is 10.4. The van der Waals surface area contributed by atoms with Crippen molar-refractivity contribution in [2.75, 3.05) is 7.11 Å². The number of ether oxygens (including phenoxy) is 1. The van der Waals surface area contributed by atoms with Crippen LogP contribution in [0.2, 0.25) is 0 Å². The average molecular weight is 299 g/mol. The predicted molar refractivity (Wildman–Crippen MR) is 91.4 cm³/mol. The molecular formula is C19H25NO2. The Labute approximate surface area is 132 Å². The number of rotatable bonds is 5. The van der Waals surface area contributed by atoms with Crippen LogP contribution in [0, 0.1) is 5.92 Å². The number of carbonyl (C=O) groups excluding carboxylic acids is 1. The molecule has 0 aromatic heterocycles. The van der Waals surface area contributed by atoms with Gasteiger partial charge >= 0.3 is 0 Å². The van der Waals surface area contributed by atoms with E-state index >= 15 is 0 Å². The van der Waals surface area contributed by atoms with Crippen LogP contribution in [0.5, 0.6) is 5.75 Å². The molecule has 0 saturated heterocycles.